The molecule has 1 unspecified atom stereocenters. The van der Waals surface area contributed by atoms with Gasteiger partial charge in [-0.1, -0.05) is 13.3 Å². The van der Waals surface area contributed by atoms with E-state index in [1.165, 1.54) is 0 Å². The lowest BCUT2D eigenvalue weighted by Crippen LogP contribution is -2.42. The zero-order valence-corrected chi connectivity index (χ0v) is 13.6. The number of hydrogen-bond acceptors (Lipinski definition) is 4. The van der Waals surface area contributed by atoms with E-state index in [9.17, 15) is 9.90 Å². The molecule has 1 atom stereocenters. The third kappa shape index (κ3) is 8.38. The molecule has 0 aliphatic carbocycles. The Kier molecular flexibility index (Phi) is 8.81. The predicted octanol–water partition coefficient (Wildman–Crippen LogP) is 2.72. The number of nitrogens with one attached hydrogen (secondary N) is 1. The van der Waals surface area contributed by atoms with Crippen LogP contribution in [-0.4, -0.2) is 43.2 Å². The number of aliphatic hydroxyl groups is 1. The molecule has 0 aliphatic heterocycles. The molecule has 0 aromatic heterocycles. The van der Waals surface area contributed by atoms with Crippen LogP contribution in [0.15, 0.2) is 0 Å². The first kappa shape index (κ1) is 19.2. The summed E-state index contributed by atoms with van der Waals surface area (Å²) in [7, 11) is 0. The Morgan fingerprint density at radius 1 is 1.20 bits per heavy atom. The van der Waals surface area contributed by atoms with Crippen LogP contribution in [0, 0.1) is 5.41 Å². The predicted molar refractivity (Wildman–Crippen MR) is 79.8 cm³/mol. The lowest BCUT2D eigenvalue weighted by molar-refractivity contribution is 0.0350. The summed E-state index contributed by atoms with van der Waals surface area (Å²) in [4.78, 5) is 11.7. The van der Waals surface area contributed by atoms with Gasteiger partial charge in [-0.25, -0.2) is 4.79 Å². The molecule has 0 aliphatic rings. The summed E-state index contributed by atoms with van der Waals surface area (Å²) in [5.41, 5.74) is -0.844. The summed E-state index contributed by atoms with van der Waals surface area (Å²) >= 11 is 0. The molecule has 1 amide bonds. The number of aliphatic hydroxyl groups excluding tert-OH is 1. The fraction of sp³-hybridized carbons (Fsp3) is 0.933. The first-order chi connectivity index (χ1) is 9.28. The van der Waals surface area contributed by atoms with E-state index in [1.807, 2.05) is 27.7 Å². The van der Waals surface area contributed by atoms with Crippen molar-refractivity contribution in [3.05, 3.63) is 0 Å². The SMILES string of the molecule is CCCC(CO)(CCOCC)CNC(=O)OC(C)(C)C. The van der Waals surface area contributed by atoms with Crippen LogP contribution < -0.4 is 5.32 Å². The Labute approximate surface area is 123 Å². The van der Waals surface area contributed by atoms with Gasteiger partial charge in [0.1, 0.15) is 5.60 Å². The largest absolute Gasteiger partial charge is 0.444 e. The van der Waals surface area contributed by atoms with Gasteiger partial charge in [-0.05, 0) is 40.5 Å². The highest BCUT2D eigenvalue weighted by molar-refractivity contribution is 5.67. The van der Waals surface area contributed by atoms with Crippen LogP contribution in [0.1, 0.15) is 53.9 Å². The third-order valence-corrected chi connectivity index (χ3v) is 3.10. The fourth-order valence-electron chi connectivity index (χ4n) is 2.05. The quantitative estimate of drug-likeness (QED) is 0.640. The molecule has 0 heterocycles. The van der Waals surface area contributed by atoms with Crippen LogP contribution in [0.25, 0.3) is 0 Å². The molecule has 0 fully saturated rings. The lowest BCUT2D eigenvalue weighted by atomic mass is 9.81. The van der Waals surface area contributed by atoms with Crippen molar-refractivity contribution >= 4 is 6.09 Å². The monoisotopic (exact) mass is 289 g/mol. The van der Waals surface area contributed by atoms with E-state index < -0.39 is 11.7 Å². The summed E-state index contributed by atoms with van der Waals surface area (Å²) in [6, 6.07) is 0. The van der Waals surface area contributed by atoms with Crippen molar-refractivity contribution in [2.24, 2.45) is 5.41 Å². The molecule has 0 rings (SSSR count). The molecule has 5 heteroatoms. The van der Waals surface area contributed by atoms with Crippen molar-refractivity contribution in [2.45, 2.75) is 59.5 Å². The van der Waals surface area contributed by atoms with Crippen LogP contribution >= 0.6 is 0 Å². The van der Waals surface area contributed by atoms with Crippen molar-refractivity contribution in [3.63, 3.8) is 0 Å². The molecule has 5 nitrogen and oxygen atoms in total. The summed E-state index contributed by atoms with van der Waals surface area (Å²) in [5, 5.41) is 12.5. The first-order valence-corrected chi connectivity index (χ1v) is 7.44. The topological polar surface area (TPSA) is 67.8 Å². The van der Waals surface area contributed by atoms with Crippen molar-refractivity contribution in [2.75, 3.05) is 26.4 Å². The highest BCUT2D eigenvalue weighted by Crippen LogP contribution is 2.27. The fourth-order valence-corrected chi connectivity index (χ4v) is 2.05. The molecule has 0 aromatic carbocycles. The Bertz CT molecular complexity index is 276. The van der Waals surface area contributed by atoms with Crippen molar-refractivity contribution < 1.29 is 19.4 Å². The summed E-state index contributed by atoms with van der Waals surface area (Å²) in [6.45, 7) is 11.2. The van der Waals surface area contributed by atoms with E-state index in [0.29, 0.717) is 19.8 Å². The normalized spacial score (nSPS) is 14.7. The minimum absolute atomic E-state index is 0.0315. The van der Waals surface area contributed by atoms with Gasteiger partial charge in [0.2, 0.25) is 0 Å². The Morgan fingerprint density at radius 3 is 2.30 bits per heavy atom. The molecule has 0 saturated carbocycles. The maximum Gasteiger partial charge on any atom is 0.407 e. The van der Waals surface area contributed by atoms with Gasteiger partial charge < -0.3 is 19.9 Å². The van der Waals surface area contributed by atoms with E-state index in [0.717, 1.165) is 19.3 Å². The highest BCUT2D eigenvalue weighted by atomic mass is 16.6. The Balaban J connectivity index is 4.44. The van der Waals surface area contributed by atoms with Crippen molar-refractivity contribution in [1.29, 1.82) is 0 Å². The number of alkyl carbamates (subject to hydrolysis) is 1. The van der Waals surface area contributed by atoms with E-state index in [1.54, 1.807) is 0 Å². The average molecular weight is 289 g/mol. The number of hydrogen-bond donors (Lipinski definition) is 2. The van der Waals surface area contributed by atoms with Gasteiger partial charge in [-0.3, -0.25) is 0 Å². The van der Waals surface area contributed by atoms with Gasteiger partial charge in [0.15, 0.2) is 0 Å². The van der Waals surface area contributed by atoms with Gasteiger partial charge in [0.05, 0.1) is 6.61 Å². The Hall–Kier alpha value is -0.810. The second kappa shape index (κ2) is 9.19. The van der Waals surface area contributed by atoms with Gasteiger partial charge in [-0.15, -0.1) is 0 Å². The van der Waals surface area contributed by atoms with Gasteiger partial charge in [-0.2, -0.15) is 0 Å². The van der Waals surface area contributed by atoms with Crippen LogP contribution in [0.3, 0.4) is 0 Å². The van der Waals surface area contributed by atoms with Crippen LogP contribution in [0.2, 0.25) is 0 Å². The van der Waals surface area contributed by atoms with E-state index in [-0.39, 0.29) is 12.0 Å². The van der Waals surface area contributed by atoms with E-state index in [2.05, 4.69) is 12.2 Å². The molecule has 0 radical (unpaired) electrons. The molecule has 0 spiro atoms. The van der Waals surface area contributed by atoms with Crippen molar-refractivity contribution in [3.8, 4) is 0 Å². The molecule has 20 heavy (non-hydrogen) atoms. The standard InChI is InChI=1S/C15H31NO4/c1-6-8-15(12-17,9-10-19-7-2)11-16-13(18)20-14(3,4)5/h17H,6-12H2,1-5H3,(H,16,18). The summed E-state index contributed by atoms with van der Waals surface area (Å²) < 4.78 is 10.6. The minimum Gasteiger partial charge on any atom is -0.444 e. The van der Waals surface area contributed by atoms with Crippen LogP contribution in [0.4, 0.5) is 4.79 Å². The average Bonchev–Trinajstić information content (AvgIpc) is 2.34. The maximum atomic E-state index is 11.7. The maximum absolute atomic E-state index is 11.7. The smallest absolute Gasteiger partial charge is 0.407 e. The van der Waals surface area contributed by atoms with Crippen LogP contribution in [-0.2, 0) is 9.47 Å². The first-order valence-electron chi connectivity index (χ1n) is 7.44. The van der Waals surface area contributed by atoms with Crippen LogP contribution in [0.5, 0.6) is 0 Å². The second-order valence-electron chi connectivity index (χ2n) is 6.21. The molecule has 0 bridgehead atoms. The van der Waals surface area contributed by atoms with E-state index in [4.69, 9.17) is 9.47 Å². The number of ether oxygens (including phenoxy) is 2. The zero-order chi connectivity index (χ0) is 15.6. The molecule has 2 N–H and O–H groups in total. The molecule has 0 saturated heterocycles. The number of amides is 1. The Morgan fingerprint density at radius 2 is 1.85 bits per heavy atom. The molecule has 120 valence electrons. The number of carbonyl (C=O) groups is 1. The van der Waals surface area contributed by atoms with Gasteiger partial charge >= 0.3 is 6.09 Å². The zero-order valence-electron chi connectivity index (χ0n) is 13.6. The summed E-state index contributed by atoms with van der Waals surface area (Å²) in [6.07, 6.45) is 2.07. The van der Waals surface area contributed by atoms with Gasteiger partial charge in [0.25, 0.3) is 0 Å². The number of carbonyl (C=O) groups excluding carboxylic acids is 1. The minimum atomic E-state index is -0.512. The second-order valence-corrected chi connectivity index (χ2v) is 6.21. The van der Waals surface area contributed by atoms with Gasteiger partial charge in [0, 0.05) is 25.2 Å². The third-order valence-electron chi connectivity index (χ3n) is 3.10. The van der Waals surface area contributed by atoms with E-state index >= 15 is 0 Å². The molecular weight excluding hydrogens is 258 g/mol. The van der Waals surface area contributed by atoms with Crippen molar-refractivity contribution in [1.82, 2.24) is 5.32 Å². The lowest BCUT2D eigenvalue weighted by Gasteiger charge is -2.32. The highest BCUT2D eigenvalue weighted by Gasteiger charge is 2.29. The summed E-state index contributed by atoms with van der Waals surface area (Å²) in [5.74, 6) is 0. The number of rotatable bonds is 9. The molecular formula is C15H31NO4. The molecule has 0 aromatic rings.